The Hall–Kier alpha value is -3.24. The van der Waals surface area contributed by atoms with Crippen molar-refractivity contribution in [3.8, 4) is 22.8 Å². The third kappa shape index (κ3) is 3.50. The number of nitrogens with zero attached hydrogens (tertiary/aromatic N) is 3. The number of fused-ring (bicyclic) bond motifs is 3. The van der Waals surface area contributed by atoms with E-state index in [2.05, 4.69) is 10.3 Å². The quantitative estimate of drug-likeness (QED) is 0.461. The Morgan fingerprint density at radius 1 is 1.15 bits per heavy atom. The molecule has 2 aliphatic heterocycles. The number of rotatable bonds is 3. The zero-order valence-electron chi connectivity index (χ0n) is 17.8. The largest absolute Gasteiger partial charge is 0.454 e. The van der Waals surface area contributed by atoms with Crippen LogP contribution < -0.4 is 20.3 Å². The van der Waals surface area contributed by atoms with Gasteiger partial charge in [-0.1, -0.05) is 6.42 Å². The third-order valence-corrected chi connectivity index (χ3v) is 7.95. The van der Waals surface area contributed by atoms with Crippen molar-refractivity contribution >= 4 is 43.9 Å². The van der Waals surface area contributed by atoms with Crippen molar-refractivity contribution in [2.24, 2.45) is 0 Å². The van der Waals surface area contributed by atoms with Crippen LogP contribution in [0.1, 0.15) is 40.3 Å². The summed E-state index contributed by atoms with van der Waals surface area (Å²) in [5.41, 5.74) is 2.26. The zero-order chi connectivity index (χ0) is 22.5. The second-order valence-corrected chi connectivity index (χ2v) is 9.95. The lowest BCUT2D eigenvalue weighted by Crippen LogP contribution is -2.24. The maximum Gasteiger partial charge on any atom is 0.267 e. The number of thiophene rings is 1. The van der Waals surface area contributed by atoms with Crippen LogP contribution in [0.25, 0.3) is 21.5 Å². The number of amides is 1. The Bertz CT molecular complexity index is 1470. The van der Waals surface area contributed by atoms with Gasteiger partial charge in [-0.3, -0.25) is 19.5 Å². The molecule has 2 aliphatic rings. The van der Waals surface area contributed by atoms with Gasteiger partial charge in [-0.25, -0.2) is 9.97 Å². The molecule has 1 amide bonds. The van der Waals surface area contributed by atoms with E-state index in [-0.39, 0.29) is 18.3 Å². The van der Waals surface area contributed by atoms with Crippen LogP contribution in [-0.4, -0.2) is 27.2 Å². The number of thiazole rings is 1. The molecule has 6 rings (SSSR count). The lowest BCUT2D eigenvalue weighted by Gasteiger charge is -2.08. The van der Waals surface area contributed by atoms with Gasteiger partial charge >= 0.3 is 0 Å². The molecule has 0 fully saturated rings. The number of anilines is 1. The summed E-state index contributed by atoms with van der Waals surface area (Å²) in [4.78, 5) is 36.7. The molecule has 0 spiro atoms. The summed E-state index contributed by atoms with van der Waals surface area (Å²) in [6, 6.07) is 5.64. The maximum atomic E-state index is 13.2. The van der Waals surface area contributed by atoms with Crippen molar-refractivity contribution in [2.45, 2.75) is 39.2 Å². The van der Waals surface area contributed by atoms with Gasteiger partial charge in [0.05, 0.1) is 16.0 Å². The summed E-state index contributed by atoms with van der Waals surface area (Å²) in [5.74, 6) is 1.95. The van der Waals surface area contributed by atoms with Gasteiger partial charge in [-0.05, 0) is 43.5 Å². The van der Waals surface area contributed by atoms with Crippen LogP contribution in [0, 0.1) is 6.92 Å². The van der Waals surface area contributed by atoms with Crippen molar-refractivity contribution in [1.29, 1.82) is 0 Å². The number of hydrogen-bond donors (Lipinski definition) is 1. The van der Waals surface area contributed by atoms with Gasteiger partial charge in [0.2, 0.25) is 6.79 Å². The van der Waals surface area contributed by atoms with Crippen LogP contribution in [0.4, 0.5) is 5.13 Å². The lowest BCUT2D eigenvalue weighted by molar-refractivity contribution is 0.103. The Kier molecular flexibility index (Phi) is 4.92. The molecule has 0 saturated heterocycles. The minimum Gasteiger partial charge on any atom is -0.454 e. The Labute approximate surface area is 196 Å². The number of carbonyl (C=O) groups is 1. The SMILES string of the molecule is Cc1c(C(=O)Nc2nc(-c3ccc4c(c3)OCO4)cs2)sc2nc3n(c(=O)c12)CCCCC3. The fourth-order valence-corrected chi connectivity index (χ4v) is 6.10. The van der Waals surface area contributed by atoms with Gasteiger partial charge in [0.25, 0.3) is 11.5 Å². The number of aromatic nitrogens is 3. The first-order valence-electron chi connectivity index (χ1n) is 10.8. The molecule has 0 bridgehead atoms. The molecular weight excluding hydrogens is 460 g/mol. The fraction of sp³-hybridized carbons (Fsp3) is 0.304. The minimum atomic E-state index is -0.276. The summed E-state index contributed by atoms with van der Waals surface area (Å²) in [6.07, 6.45) is 3.91. The predicted molar refractivity (Wildman–Crippen MR) is 128 cm³/mol. The van der Waals surface area contributed by atoms with E-state index in [1.165, 1.54) is 22.7 Å². The first kappa shape index (κ1) is 20.4. The third-order valence-electron chi connectivity index (χ3n) is 6.01. The average molecular weight is 481 g/mol. The van der Waals surface area contributed by atoms with Crippen LogP contribution >= 0.6 is 22.7 Å². The van der Waals surface area contributed by atoms with E-state index in [9.17, 15) is 9.59 Å². The van der Waals surface area contributed by atoms with Crippen molar-refractivity contribution in [2.75, 3.05) is 12.1 Å². The number of carbonyl (C=O) groups excluding carboxylic acids is 1. The second kappa shape index (κ2) is 7.96. The molecule has 0 radical (unpaired) electrons. The number of nitrogens with one attached hydrogen (secondary N) is 1. The molecule has 3 aromatic heterocycles. The molecule has 0 unspecified atom stereocenters. The van der Waals surface area contributed by atoms with Gasteiger partial charge < -0.3 is 9.47 Å². The number of aryl methyl sites for hydroxylation is 2. The van der Waals surface area contributed by atoms with E-state index in [4.69, 9.17) is 14.5 Å². The van der Waals surface area contributed by atoms with Crippen molar-refractivity contribution < 1.29 is 14.3 Å². The van der Waals surface area contributed by atoms with Crippen molar-refractivity contribution in [3.05, 3.63) is 50.2 Å². The van der Waals surface area contributed by atoms with Crippen LogP contribution in [0.5, 0.6) is 11.5 Å². The van der Waals surface area contributed by atoms with Gasteiger partial charge in [-0.2, -0.15) is 0 Å². The molecule has 4 aromatic rings. The van der Waals surface area contributed by atoms with E-state index in [0.717, 1.165) is 42.8 Å². The normalized spacial score (nSPS) is 14.8. The molecule has 0 aliphatic carbocycles. The number of ether oxygens (including phenoxy) is 2. The highest BCUT2D eigenvalue weighted by Crippen LogP contribution is 2.37. The van der Waals surface area contributed by atoms with Crippen LogP contribution in [0.3, 0.4) is 0 Å². The summed E-state index contributed by atoms with van der Waals surface area (Å²) >= 11 is 2.62. The van der Waals surface area contributed by atoms with Crippen molar-refractivity contribution in [3.63, 3.8) is 0 Å². The molecule has 0 atom stereocenters. The Morgan fingerprint density at radius 3 is 2.94 bits per heavy atom. The van der Waals surface area contributed by atoms with Gasteiger partial charge in [0, 0.05) is 23.9 Å². The van der Waals surface area contributed by atoms with Crippen LogP contribution in [0.15, 0.2) is 28.4 Å². The van der Waals surface area contributed by atoms with E-state index < -0.39 is 0 Å². The van der Waals surface area contributed by atoms with Crippen molar-refractivity contribution in [1.82, 2.24) is 14.5 Å². The topological polar surface area (TPSA) is 95.3 Å². The zero-order valence-corrected chi connectivity index (χ0v) is 19.5. The van der Waals surface area contributed by atoms with E-state index in [1.54, 1.807) is 4.57 Å². The Balaban J connectivity index is 1.29. The summed E-state index contributed by atoms with van der Waals surface area (Å²) in [7, 11) is 0. The minimum absolute atomic E-state index is 0.0379. The summed E-state index contributed by atoms with van der Waals surface area (Å²) in [5, 5.41) is 5.82. The number of hydrogen-bond acceptors (Lipinski definition) is 8. The first-order valence-corrected chi connectivity index (χ1v) is 12.5. The average Bonchev–Trinajstić information content (AvgIpc) is 3.49. The number of benzene rings is 1. The molecular formula is C23H20N4O4S2. The standard InChI is InChI=1S/C23H20N4O4S2/c1-12-18-21(25-17-5-3-2-4-8-27(17)22(18)29)33-19(12)20(28)26-23-24-14(10-32-23)13-6-7-15-16(9-13)31-11-30-15/h6-7,9-10H,2-5,8,11H2,1H3,(H,24,26,28). The second-order valence-electron chi connectivity index (χ2n) is 8.09. The Morgan fingerprint density at radius 2 is 2.03 bits per heavy atom. The summed E-state index contributed by atoms with van der Waals surface area (Å²) < 4.78 is 12.6. The van der Waals surface area contributed by atoms with Gasteiger partial charge in [-0.15, -0.1) is 22.7 Å². The van der Waals surface area contributed by atoms with E-state index in [0.29, 0.717) is 43.8 Å². The van der Waals surface area contributed by atoms with Gasteiger partial charge in [0.15, 0.2) is 16.6 Å². The van der Waals surface area contributed by atoms with Gasteiger partial charge in [0.1, 0.15) is 10.7 Å². The molecule has 0 saturated carbocycles. The molecule has 10 heteroatoms. The van der Waals surface area contributed by atoms with Crippen LogP contribution in [0.2, 0.25) is 0 Å². The first-order chi connectivity index (χ1) is 16.1. The van der Waals surface area contributed by atoms with E-state index >= 15 is 0 Å². The molecule has 1 aromatic carbocycles. The molecule has 5 heterocycles. The smallest absolute Gasteiger partial charge is 0.267 e. The highest BCUT2D eigenvalue weighted by atomic mass is 32.1. The lowest BCUT2D eigenvalue weighted by atomic mass is 10.1. The fourth-order valence-electron chi connectivity index (χ4n) is 4.30. The molecule has 1 N–H and O–H groups in total. The van der Waals surface area contributed by atoms with E-state index in [1.807, 2.05) is 30.5 Å². The summed E-state index contributed by atoms with van der Waals surface area (Å²) in [6.45, 7) is 2.73. The molecule has 168 valence electrons. The predicted octanol–water partition coefficient (Wildman–Crippen LogP) is 4.60. The monoisotopic (exact) mass is 480 g/mol. The maximum absolute atomic E-state index is 13.2. The highest BCUT2D eigenvalue weighted by Gasteiger charge is 2.23. The van der Waals surface area contributed by atoms with Crippen LogP contribution in [-0.2, 0) is 13.0 Å². The molecule has 8 nitrogen and oxygen atoms in total. The highest BCUT2D eigenvalue weighted by molar-refractivity contribution is 7.21. The molecule has 33 heavy (non-hydrogen) atoms.